The van der Waals surface area contributed by atoms with Gasteiger partial charge in [-0.05, 0) is 48.9 Å². The van der Waals surface area contributed by atoms with E-state index >= 15 is 0 Å². The lowest BCUT2D eigenvalue weighted by Crippen LogP contribution is -2.30. The number of carbonyl (C=O) groups excluding carboxylic acids is 1. The number of aliphatic hydroxyl groups is 1. The van der Waals surface area contributed by atoms with Gasteiger partial charge in [0, 0.05) is 17.7 Å². The number of carbonyl (C=O) groups is 1. The van der Waals surface area contributed by atoms with Crippen molar-refractivity contribution in [3.05, 3.63) is 34.9 Å². The third kappa shape index (κ3) is 4.09. The first-order valence-electron chi connectivity index (χ1n) is 7.60. The number of aliphatic hydroxyl groups excluding tert-OH is 1. The smallest absolute Gasteiger partial charge is 0.251 e. The maximum atomic E-state index is 12.2. The molecule has 2 N–H and O–H groups in total. The van der Waals surface area contributed by atoms with E-state index in [0.717, 1.165) is 17.7 Å². The quantitative estimate of drug-likeness (QED) is 0.838. The highest BCUT2D eigenvalue weighted by atomic mass is 16.2. The fraction of sp³-hybridized carbons (Fsp3) is 0.500. The minimum absolute atomic E-state index is 0.0149. The molecule has 1 aromatic carbocycles. The summed E-state index contributed by atoms with van der Waals surface area (Å²) in [4.78, 5) is 12.2. The molecule has 3 heteroatoms. The standard InChI is InChI=1S/C18H23NO2/c1-13-5-3-6-17(13)12-19-18(21)16-9-8-15(7-4-10-20)14(2)11-16/h8-9,11,13,17,20H,3,5-6,10,12H2,1-2H3,(H,19,21). The van der Waals surface area contributed by atoms with E-state index in [9.17, 15) is 4.79 Å². The summed E-state index contributed by atoms with van der Waals surface area (Å²) in [6, 6.07) is 5.49. The third-order valence-electron chi connectivity index (χ3n) is 4.35. The molecule has 1 fully saturated rings. The van der Waals surface area contributed by atoms with Crippen LogP contribution in [0.5, 0.6) is 0 Å². The van der Waals surface area contributed by atoms with Crippen LogP contribution in [-0.4, -0.2) is 24.2 Å². The number of hydrogen-bond donors (Lipinski definition) is 2. The Morgan fingerprint density at radius 3 is 2.86 bits per heavy atom. The number of nitrogens with one attached hydrogen (secondary N) is 1. The first kappa shape index (κ1) is 15.6. The van der Waals surface area contributed by atoms with Crippen LogP contribution in [0.2, 0.25) is 0 Å². The van der Waals surface area contributed by atoms with Crippen LogP contribution >= 0.6 is 0 Å². The van der Waals surface area contributed by atoms with Crippen molar-refractivity contribution >= 4 is 5.91 Å². The van der Waals surface area contributed by atoms with Crippen LogP contribution in [0, 0.1) is 30.6 Å². The molecule has 0 heterocycles. The van der Waals surface area contributed by atoms with Crippen molar-refractivity contribution in [1.29, 1.82) is 0 Å². The van der Waals surface area contributed by atoms with Crippen LogP contribution in [0.25, 0.3) is 0 Å². The van der Waals surface area contributed by atoms with Gasteiger partial charge >= 0.3 is 0 Å². The molecule has 1 amide bonds. The zero-order valence-electron chi connectivity index (χ0n) is 12.8. The molecule has 2 atom stereocenters. The summed E-state index contributed by atoms with van der Waals surface area (Å²) in [5.41, 5.74) is 2.48. The summed E-state index contributed by atoms with van der Waals surface area (Å²) in [5, 5.41) is 11.8. The molecule has 1 aromatic rings. The fourth-order valence-corrected chi connectivity index (χ4v) is 2.93. The Morgan fingerprint density at radius 2 is 2.24 bits per heavy atom. The molecule has 112 valence electrons. The lowest BCUT2D eigenvalue weighted by molar-refractivity contribution is 0.0944. The van der Waals surface area contributed by atoms with Gasteiger partial charge < -0.3 is 10.4 Å². The normalized spacial score (nSPS) is 20.7. The average molecular weight is 285 g/mol. The Morgan fingerprint density at radius 1 is 1.43 bits per heavy atom. The zero-order chi connectivity index (χ0) is 15.2. The van der Waals surface area contributed by atoms with Crippen molar-refractivity contribution < 1.29 is 9.90 Å². The first-order valence-corrected chi connectivity index (χ1v) is 7.60. The van der Waals surface area contributed by atoms with E-state index in [1.165, 1.54) is 19.3 Å². The second-order valence-electron chi connectivity index (χ2n) is 5.87. The summed E-state index contributed by atoms with van der Waals surface area (Å²) in [6.07, 6.45) is 3.77. The van der Waals surface area contributed by atoms with Gasteiger partial charge in [0.25, 0.3) is 5.91 Å². The van der Waals surface area contributed by atoms with Gasteiger partial charge in [-0.1, -0.05) is 31.6 Å². The average Bonchev–Trinajstić information content (AvgIpc) is 2.88. The van der Waals surface area contributed by atoms with Crippen LogP contribution < -0.4 is 5.32 Å². The molecule has 21 heavy (non-hydrogen) atoms. The second kappa shape index (κ2) is 7.28. The molecular formula is C18H23NO2. The third-order valence-corrected chi connectivity index (χ3v) is 4.35. The first-order chi connectivity index (χ1) is 10.1. The van der Waals surface area contributed by atoms with Gasteiger partial charge in [0.1, 0.15) is 6.61 Å². The molecule has 0 saturated heterocycles. The fourth-order valence-electron chi connectivity index (χ4n) is 2.93. The highest BCUT2D eigenvalue weighted by Gasteiger charge is 2.23. The maximum absolute atomic E-state index is 12.2. The number of amides is 1. The van der Waals surface area contributed by atoms with E-state index in [1.807, 2.05) is 19.1 Å². The zero-order valence-corrected chi connectivity index (χ0v) is 12.8. The van der Waals surface area contributed by atoms with E-state index in [0.29, 0.717) is 17.4 Å². The highest BCUT2D eigenvalue weighted by molar-refractivity contribution is 5.94. The molecular weight excluding hydrogens is 262 g/mol. The van der Waals surface area contributed by atoms with Crippen LogP contribution in [0.4, 0.5) is 0 Å². The molecule has 0 radical (unpaired) electrons. The van der Waals surface area contributed by atoms with Crippen LogP contribution in [0.3, 0.4) is 0 Å². The Kier molecular flexibility index (Phi) is 5.41. The molecule has 0 aromatic heterocycles. The van der Waals surface area contributed by atoms with Gasteiger partial charge in [-0.15, -0.1) is 0 Å². The van der Waals surface area contributed by atoms with E-state index in [2.05, 4.69) is 24.1 Å². The number of aryl methyl sites for hydroxylation is 1. The predicted octanol–water partition coefficient (Wildman–Crippen LogP) is 2.50. The van der Waals surface area contributed by atoms with Crippen molar-refractivity contribution in [1.82, 2.24) is 5.32 Å². The van der Waals surface area contributed by atoms with E-state index in [4.69, 9.17) is 5.11 Å². The molecule has 2 unspecified atom stereocenters. The molecule has 2 rings (SSSR count). The molecule has 0 aliphatic heterocycles. The summed E-state index contributed by atoms with van der Waals surface area (Å²) < 4.78 is 0. The van der Waals surface area contributed by atoms with Gasteiger partial charge in [0.15, 0.2) is 0 Å². The second-order valence-corrected chi connectivity index (χ2v) is 5.87. The molecule has 0 spiro atoms. The summed E-state index contributed by atoms with van der Waals surface area (Å²) in [6.45, 7) is 4.81. The van der Waals surface area contributed by atoms with Crippen molar-refractivity contribution in [2.45, 2.75) is 33.1 Å². The van der Waals surface area contributed by atoms with E-state index < -0.39 is 0 Å². The van der Waals surface area contributed by atoms with E-state index in [1.54, 1.807) is 6.07 Å². The Labute approximate surface area is 126 Å². The Balaban J connectivity index is 1.97. The van der Waals surface area contributed by atoms with Gasteiger partial charge in [-0.2, -0.15) is 0 Å². The van der Waals surface area contributed by atoms with E-state index in [-0.39, 0.29) is 12.5 Å². The number of hydrogen-bond acceptors (Lipinski definition) is 2. The topological polar surface area (TPSA) is 49.3 Å². The van der Waals surface area contributed by atoms with Crippen LogP contribution in [-0.2, 0) is 0 Å². The molecule has 1 aliphatic carbocycles. The monoisotopic (exact) mass is 285 g/mol. The summed E-state index contributed by atoms with van der Waals surface area (Å²) >= 11 is 0. The molecule has 0 bridgehead atoms. The SMILES string of the molecule is Cc1cc(C(=O)NCC2CCCC2C)ccc1C#CCO. The lowest BCUT2D eigenvalue weighted by Gasteiger charge is -2.16. The van der Waals surface area contributed by atoms with Gasteiger partial charge in [-0.25, -0.2) is 0 Å². The lowest BCUT2D eigenvalue weighted by atomic mass is 9.98. The molecule has 3 nitrogen and oxygen atoms in total. The van der Waals surface area contributed by atoms with Crippen molar-refractivity contribution in [3.63, 3.8) is 0 Å². The predicted molar refractivity (Wildman–Crippen MR) is 84.0 cm³/mol. The summed E-state index contributed by atoms with van der Waals surface area (Å²) in [5.74, 6) is 6.82. The Bertz CT molecular complexity index is 568. The number of rotatable bonds is 3. The molecule has 1 saturated carbocycles. The maximum Gasteiger partial charge on any atom is 0.251 e. The number of benzene rings is 1. The largest absolute Gasteiger partial charge is 0.384 e. The van der Waals surface area contributed by atoms with Crippen LogP contribution in [0.1, 0.15) is 47.7 Å². The minimum atomic E-state index is -0.152. The summed E-state index contributed by atoms with van der Waals surface area (Å²) in [7, 11) is 0. The van der Waals surface area contributed by atoms with Gasteiger partial charge in [-0.3, -0.25) is 4.79 Å². The van der Waals surface area contributed by atoms with Crippen molar-refractivity contribution in [2.24, 2.45) is 11.8 Å². The van der Waals surface area contributed by atoms with Gasteiger partial charge in [0.2, 0.25) is 0 Å². The van der Waals surface area contributed by atoms with Crippen molar-refractivity contribution in [2.75, 3.05) is 13.2 Å². The molecule has 1 aliphatic rings. The van der Waals surface area contributed by atoms with Crippen molar-refractivity contribution in [3.8, 4) is 11.8 Å². The Hall–Kier alpha value is -1.79. The van der Waals surface area contributed by atoms with Crippen LogP contribution in [0.15, 0.2) is 18.2 Å². The minimum Gasteiger partial charge on any atom is -0.384 e. The highest BCUT2D eigenvalue weighted by Crippen LogP contribution is 2.30. The van der Waals surface area contributed by atoms with Gasteiger partial charge in [0.05, 0.1) is 0 Å².